The van der Waals surface area contributed by atoms with Gasteiger partial charge in [-0.05, 0) is 32.5 Å². The number of benzene rings is 1. The van der Waals surface area contributed by atoms with Gasteiger partial charge in [-0.3, -0.25) is 14.5 Å². The van der Waals surface area contributed by atoms with Gasteiger partial charge in [-0.25, -0.2) is 13.2 Å². The monoisotopic (exact) mass is 331 g/mol. The summed E-state index contributed by atoms with van der Waals surface area (Å²) in [7, 11) is 0. The topological polar surface area (TPSA) is 61.4 Å². The number of halogens is 3. The second-order valence-corrected chi connectivity index (χ2v) is 5.30. The summed E-state index contributed by atoms with van der Waals surface area (Å²) in [5, 5.41) is 4.85. The highest BCUT2D eigenvalue weighted by atomic mass is 19.2. The zero-order valence-electron chi connectivity index (χ0n) is 13.3. The number of anilines is 1. The van der Waals surface area contributed by atoms with Crippen molar-refractivity contribution in [3.05, 3.63) is 29.6 Å². The van der Waals surface area contributed by atoms with Crippen molar-refractivity contribution in [2.45, 2.75) is 26.8 Å². The molecule has 0 atom stereocenters. The first-order valence-electron chi connectivity index (χ1n) is 7.19. The molecule has 1 aromatic rings. The van der Waals surface area contributed by atoms with Crippen LogP contribution >= 0.6 is 0 Å². The zero-order chi connectivity index (χ0) is 17.6. The molecule has 23 heavy (non-hydrogen) atoms. The Bertz CT molecular complexity index is 579. The molecular weight excluding hydrogens is 311 g/mol. The van der Waals surface area contributed by atoms with E-state index in [0.29, 0.717) is 6.54 Å². The van der Waals surface area contributed by atoms with Gasteiger partial charge in [0.05, 0.1) is 18.8 Å². The summed E-state index contributed by atoms with van der Waals surface area (Å²) in [6, 6.07) is 1.64. The van der Waals surface area contributed by atoms with Crippen LogP contribution in [0.25, 0.3) is 0 Å². The van der Waals surface area contributed by atoms with Gasteiger partial charge in [-0.2, -0.15) is 0 Å². The molecular formula is C15H20F3N3O2. The first-order chi connectivity index (χ1) is 10.7. The maximum absolute atomic E-state index is 13.5. The van der Waals surface area contributed by atoms with Crippen LogP contribution in [0.2, 0.25) is 0 Å². The number of carbonyl (C=O) groups is 2. The highest BCUT2D eigenvalue weighted by molar-refractivity contribution is 5.92. The normalized spacial score (nSPS) is 11.0. The molecule has 0 unspecified atom stereocenters. The second-order valence-electron chi connectivity index (χ2n) is 5.30. The maximum Gasteiger partial charge on any atom is 0.238 e. The number of carbonyl (C=O) groups excluding carboxylic acids is 2. The molecule has 0 radical (unpaired) electrons. The average molecular weight is 331 g/mol. The molecule has 2 amide bonds. The molecule has 0 aromatic heterocycles. The number of rotatable bonds is 7. The van der Waals surface area contributed by atoms with E-state index in [9.17, 15) is 22.8 Å². The third-order valence-electron chi connectivity index (χ3n) is 2.94. The molecule has 0 saturated carbocycles. The SMILES string of the molecule is CCN(CC(=O)Nc1ccc(F)c(F)c1F)CC(=O)NC(C)C. The molecule has 2 N–H and O–H groups in total. The molecule has 0 aliphatic rings. The Morgan fingerprint density at radius 3 is 2.26 bits per heavy atom. The summed E-state index contributed by atoms with van der Waals surface area (Å²) in [4.78, 5) is 25.1. The number of hydrogen-bond donors (Lipinski definition) is 2. The van der Waals surface area contributed by atoms with Gasteiger partial charge in [0.1, 0.15) is 0 Å². The third kappa shape index (κ3) is 5.90. The standard InChI is InChI=1S/C15H20F3N3O2/c1-4-21(7-12(22)19-9(2)3)8-13(23)20-11-6-5-10(16)14(17)15(11)18/h5-6,9H,4,7-8H2,1-3H3,(H,19,22)(H,20,23). The van der Waals surface area contributed by atoms with Crippen LogP contribution in [0.15, 0.2) is 12.1 Å². The lowest BCUT2D eigenvalue weighted by molar-refractivity contribution is -0.123. The molecule has 1 aromatic carbocycles. The lowest BCUT2D eigenvalue weighted by Crippen LogP contribution is -2.42. The maximum atomic E-state index is 13.5. The molecule has 0 aliphatic carbocycles. The van der Waals surface area contributed by atoms with Gasteiger partial charge >= 0.3 is 0 Å². The minimum absolute atomic E-state index is 0.00234. The summed E-state index contributed by atoms with van der Waals surface area (Å²) in [6.07, 6.45) is 0. The lowest BCUT2D eigenvalue weighted by atomic mass is 10.2. The van der Waals surface area contributed by atoms with Crippen LogP contribution in [0.5, 0.6) is 0 Å². The van der Waals surface area contributed by atoms with E-state index in [0.717, 1.165) is 12.1 Å². The van der Waals surface area contributed by atoms with Crippen LogP contribution in [0.3, 0.4) is 0 Å². The molecule has 0 fully saturated rings. The predicted octanol–water partition coefficient (Wildman–Crippen LogP) is 1.89. The van der Waals surface area contributed by atoms with Gasteiger partial charge in [0.15, 0.2) is 17.5 Å². The largest absolute Gasteiger partial charge is 0.353 e. The van der Waals surface area contributed by atoms with Gasteiger partial charge in [0, 0.05) is 6.04 Å². The Morgan fingerprint density at radius 1 is 1.09 bits per heavy atom. The number of nitrogens with one attached hydrogen (secondary N) is 2. The molecule has 128 valence electrons. The highest BCUT2D eigenvalue weighted by Gasteiger charge is 2.17. The smallest absolute Gasteiger partial charge is 0.238 e. The summed E-state index contributed by atoms with van der Waals surface area (Å²) < 4.78 is 39.4. The first-order valence-corrected chi connectivity index (χ1v) is 7.19. The van der Waals surface area contributed by atoms with Crippen LogP contribution in [0, 0.1) is 17.5 Å². The molecule has 5 nitrogen and oxygen atoms in total. The van der Waals surface area contributed by atoms with Crippen LogP contribution in [0.1, 0.15) is 20.8 Å². The van der Waals surface area contributed by atoms with Crippen LogP contribution in [-0.4, -0.2) is 42.4 Å². The predicted molar refractivity (Wildman–Crippen MR) is 80.3 cm³/mol. The van der Waals surface area contributed by atoms with Crippen molar-refractivity contribution in [3.63, 3.8) is 0 Å². The van der Waals surface area contributed by atoms with Crippen LogP contribution < -0.4 is 10.6 Å². The Morgan fingerprint density at radius 2 is 1.70 bits per heavy atom. The molecule has 0 bridgehead atoms. The molecule has 8 heteroatoms. The van der Waals surface area contributed by atoms with Crippen molar-refractivity contribution in [1.29, 1.82) is 0 Å². The van der Waals surface area contributed by atoms with Crippen molar-refractivity contribution in [2.75, 3.05) is 25.0 Å². The second kappa shape index (κ2) is 8.52. The fraction of sp³-hybridized carbons (Fsp3) is 0.467. The summed E-state index contributed by atoms with van der Waals surface area (Å²) in [5.41, 5.74) is -0.448. The van der Waals surface area contributed by atoms with Crippen molar-refractivity contribution < 1.29 is 22.8 Å². The van der Waals surface area contributed by atoms with Crippen LogP contribution in [-0.2, 0) is 9.59 Å². The summed E-state index contributed by atoms with van der Waals surface area (Å²) >= 11 is 0. The van der Waals surface area contributed by atoms with Gasteiger partial charge in [0.25, 0.3) is 0 Å². The molecule has 0 spiro atoms. The van der Waals surface area contributed by atoms with E-state index < -0.39 is 29.0 Å². The van der Waals surface area contributed by atoms with Gasteiger partial charge in [-0.1, -0.05) is 6.92 Å². The van der Waals surface area contributed by atoms with E-state index in [-0.39, 0.29) is 25.0 Å². The fourth-order valence-electron chi connectivity index (χ4n) is 1.87. The minimum atomic E-state index is -1.65. The van der Waals surface area contributed by atoms with E-state index in [1.54, 1.807) is 6.92 Å². The van der Waals surface area contributed by atoms with Gasteiger partial charge in [-0.15, -0.1) is 0 Å². The summed E-state index contributed by atoms with van der Waals surface area (Å²) in [6.45, 7) is 5.62. The fourth-order valence-corrected chi connectivity index (χ4v) is 1.87. The van der Waals surface area contributed by atoms with Crippen LogP contribution in [0.4, 0.5) is 18.9 Å². The third-order valence-corrected chi connectivity index (χ3v) is 2.94. The van der Waals surface area contributed by atoms with Crippen molar-refractivity contribution in [3.8, 4) is 0 Å². The summed E-state index contributed by atoms with van der Waals surface area (Å²) in [5.74, 6) is -5.31. The number of nitrogens with zero attached hydrogens (tertiary/aromatic N) is 1. The Labute approximate surface area is 132 Å². The molecule has 0 heterocycles. The van der Waals surface area contributed by atoms with E-state index in [4.69, 9.17) is 0 Å². The Balaban J connectivity index is 2.64. The lowest BCUT2D eigenvalue weighted by Gasteiger charge is -2.20. The number of hydrogen-bond acceptors (Lipinski definition) is 3. The Kier molecular flexibility index (Phi) is 7.02. The molecule has 0 aliphatic heterocycles. The zero-order valence-corrected chi connectivity index (χ0v) is 13.3. The minimum Gasteiger partial charge on any atom is -0.353 e. The van der Waals surface area contributed by atoms with Gasteiger partial charge in [0.2, 0.25) is 11.8 Å². The van der Waals surface area contributed by atoms with Crippen molar-refractivity contribution >= 4 is 17.5 Å². The molecule has 0 saturated heterocycles. The van der Waals surface area contributed by atoms with E-state index >= 15 is 0 Å². The van der Waals surface area contributed by atoms with E-state index in [1.165, 1.54) is 4.90 Å². The van der Waals surface area contributed by atoms with Crippen molar-refractivity contribution in [1.82, 2.24) is 10.2 Å². The molecule has 1 rings (SSSR count). The quantitative estimate of drug-likeness (QED) is 0.750. The first kappa shape index (κ1) is 19.0. The Hall–Kier alpha value is -2.09. The highest BCUT2D eigenvalue weighted by Crippen LogP contribution is 2.19. The van der Waals surface area contributed by atoms with Gasteiger partial charge < -0.3 is 10.6 Å². The number of likely N-dealkylation sites (N-methyl/N-ethyl adjacent to an activating group) is 1. The van der Waals surface area contributed by atoms with E-state index in [1.807, 2.05) is 13.8 Å². The van der Waals surface area contributed by atoms with E-state index in [2.05, 4.69) is 10.6 Å². The van der Waals surface area contributed by atoms with Crippen molar-refractivity contribution in [2.24, 2.45) is 0 Å². The number of amides is 2. The average Bonchev–Trinajstić information content (AvgIpc) is 2.46.